The van der Waals surface area contributed by atoms with Gasteiger partial charge in [0.25, 0.3) is 11.6 Å². The molecule has 1 amide bonds. The molecule has 0 radical (unpaired) electrons. The smallest absolute Gasteiger partial charge is 0.270 e. The average molecular weight is 236 g/mol. The molecular formula is C12H16N2O3. The van der Waals surface area contributed by atoms with Crippen molar-refractivity contribution in [3.05, 3.63) is 39.4 Å². The largest absolute Gasteiger partial charge is 0.347 e. The van der Waals surface area contributed by atoms with Gasteiger partial charge in [0.05, 0.1) is 4.92 Å². The molecule has 0 aliphatic carbocycles. The number of hydrogen-bond acceptors (Lipinski definition) is 3. The van der Waals surface area contributed by atoms with Crippen LogP contribution in [-0.4, -0.2) is 16.4 Å². The van der Waals surface area contributed by atoms with Gasteiger partial charge in [0.1, 0.15) is 0 Å². The van der Waals surface area contributed by atoms with Crippen LogP contribution in [0.5, 0.6) is 0 Å². The number of nitro groups is 1. The van der Waals surface area contributed by atoms with E-state index in [1.807, 2.05) is 20.8 Å². The maximum Gasteiger partial charge on any atom is 0.270 e. The lowest BCUT2D eigenvalue weighted by molar-refractivity contribution is -0.384. The molecular weight excluding hydrogens is 220 g/mol. The summed E-state index contributed by atoms with van der Waals surface area (Å²) in [5, 5.41) is 13.5. The highest BCUT2D eigenvalue weighted by atomic mass is 16.6. The van der Waals surface area contributed by atoms with Crippen molar-refractivity contribution in [3.63, 3.8) is 0 Å². The van der Waals surface area contributed by atoms with E-state index in [-0.39, 0.29) is 17.1 Å². The highest BCUT2D eigenvalue weighted by Gasteiger charge is 2.18. The fourth-order valence-corrected chi connectivity index (χ4v) is 1.41. The topological polar surface area (TPSA) is 72.2 Å². The minimum atomic E-state index is -0.499. The Balaban J connectivity index is 3.06. The van der Waals surface area contributed by atoms with Crippen molar-refractivity contribution in [2.24, 2.45) is 0 Å². The molecule has 1 aromatic rings. The van der Waals surface area contributed by atoms with Crippen LogP contribution in [0.25, 0.3) is 0 Å². The first-order valence-corrected chi connectivity index (χ1v) is 5.27. The van der Waals surface area contributed by atoms with Crippen molar-refractivity contribution in [1.29, 1.82) is 0 Å². The van der Waals surface area contributed by atoms with Crippen molar-refractivity contribution in [2.45, 2.75) is 33.2 Å². The maximum absolute atomic E-state index is 11.9. The van der Waals surface area contributed by atoms with Crippen LogP contribution in [0.2, 0.25) is 0 Å². The second-order valence-corrected chi connectivity index (χ2v) is 5.02. The van der Waals surface area contributed by atoms with Gasteiger partial charge < -0.3 is 5.32 Å². The van der Waals surface area contributed by atoms with E-state index in [1.54, 1.807) is 13.0 Å². The van der Waals surface area contributed by atoms with Crippen LogP contribution in [0, 0.1) is 17.0 Å². The molecule has 0 atom stereocenters. The van der Waals surface area contributed by atoms with Crippen molar-refractivity contribution >= 4 is 11.6 Å². The Morgan fingerprint density at radius 3 is 2.35 bits per heavy atom. The van der Waals surface area contributed by atoms with Crippen LogP contribution in [0.1, 0.15) is 36.7 Å². The van der Waals surface area contributed by atoms with Crippen molar-refractivity contribution in [2.75, 3.05) is 0 Å². The van der Waals surface area contributed by atoms with Crippen LogP contribution < -0.4 is 5.32 Å². The van der Waals surface area contributed by atoms with E-state index in [1.165, 1.54) is 12.1 Å². The van der Waals surface area contributed by atoms with Gasteiger partial charge in [0, 0.05) is 23.2 Å². The molecule has 0 aliphatic heterocycles. The molecule has 1 aromatic carbocycles. The van der Waals surface area contributed by atoms with Crippen molar-refractivity contribution < 1.29 is 9.72 Å². The molecule has 0 aliphatic rings. The van der Waals surface area contributed by atoms with Gasteiger partial charge in [-0.15, -0.1) is 0 Å². The summed E-state index contributed by atoms with van der Waals surface area (Å²) >= 11 is 0. The first-order chi connectivity index (χ1) is 7.69. The minimum absolute atomic E-state index is 0.0657. The first-order valence-electron chi connectivity index (χ1n) is 5.27. The molecule has 0 heterocycles. The number of aryl methyl sites for hydroxylation is 1. The van der Waals surface area contributed by atoms with Gasteiger partial charge in [-0.05, 0) is 39.3 Å². The minimum Gasteiger partial charge on any atom is -0.347 e. The second-order valence-electron chi connectivity index (χ2n) is 5.02. The van der Waals surface area contributed by atoms with Gasteiger partial charge in [0.15, 0.2) is 0 Å². The summed E-state index contributed by atoms with van der Waals surface area (Å²) in [5.41, 5.74) is 0.573. The highest BCUT2D eigenvalue weighted by molar-refractivity contribution is 5.95. The number of nitrogens with zero attached hydrogens (tertiary/aromatic N) is 1. The number of rotatable bonds is 2. The lowest BCUT2D eigenvalue weighted by Crippen LogP contribution is -2.40. The van der Waals surface area contributed by atoms with E-state index in [0.717, 1.165) is 0 Å². The second kappa shape index (κ2) is 4.53. The molecule has 0 bridgehead atoms. The fraction of sp³-hybridized carbons (Fsp3) is 0.417. The summed E-state index contributed by atoms with van der Waals surface area (Å²) in [6.07, 6.45) is 0. The third kappa shape index (κ3) is 3.86. The predicted octanol–water partition coefficient (Wildman–Crippen LogP) is 2.43. The number of amides is 1. The molecule has 0 unspecified atom stereocenters. The Kier molecular flexibility index (Phi) is 3.50. The summed E-state index contributed by atoms with van der Waals surface area (Å²) in [7, 11) is 0. The average Bonchev–Trinajstić information content (AvgIpc) is 2.13. The number of benzene rings is 1. The molecule has 17 heavy (non-hydrogen) atoms. The number of carbonyl (C=O) groups excluding carboxylic acids is 1. The van der Waals surface area contributed by atoms with E-state index >= 15 is 0 Å². The molecule has 0 spiro atoms. The monoisotopic (exact) mass is 236 g/mol. The van der Waals surface area contributed by atoms with Crippen LogP contribution in [-0.2, 0) is 0 Å². The molecule has 1 rings (SSSR count). The van der Waals surface area contributed by atoms with E-state index in [4.69, 9.17) is 0 Å². The zero-order chi connectivity index (χ0) is 13.2. The van der Waals surface area contributed by atoms with E-state index < -0.39 is 4.92 Å². The fourth-order valence-electron chi connectivity index (χ4n) is 1.41. The lowest BCUT2D eigenvalue weighted by Gasteiger charge is -2.20. The summed E-state index contributed by atoms with van der Waals surface area (Å²) in [6.45, 7) is 7.29. The molecule has 92 valence electrons. The SMILES string of the molecule is Cc1cc(C(=O)NC(C)(C)C)cc([N+](=O)[O-])c1. The molecule has 0 aromatic heterocycles. The Morgan fingerprint density at radius 2 is 1.88 bits per heavy atom. The summed E-state index contributed by atoms with van der Waals surface area (Å²) < 4.78 is 0. The van der Waals surface area contributed by atoms with Crippen LogP contribution in [0.3, 0.4) is 0 Å². The number of nitrogens with one attached hydrogen (secondary N) is 1. The molecule has 0 fully saturated rings. The lowest BCUT2D eigenvalue weighted by atomic mass is 10.1. The van der Waals surface area contributed by atoms with E-state index in [2.05, 4.69) is 5.32 Å². The predicted molar refractivity (Wildman–Crippen MR) is 65.1 cm³/mol. The number of nitro benzene ring substituents is 1. The number of carbonyl (C=O) groups is 1. The van der Waals surface area contributed by atoms with Crippen molar-refractivity contribution in [1.82, 2.24) is 5.32 Å². The van der Waals surface area contributed by atoms with Crippen LogP contribution >= 0.6 is 0 Å². The third-order valence-electron chi connectivity index (χ3n) is 2.02. The summed E-state index contributed by atoms with van der Waals surface area (Å²) in [4.78, 5) is 22.0. The maximum atomic E-state index is 11.9. The summed E-state index contributed by atoms with van der Waals surface area (Å²) in [5.74, 6) is -0.302. The van der Waals surface area contributed by atoms with Crippen LogP contribution in [0.15, 0.2) is 18.2 Å². The van der Waals surface area contributed by atoms with Gasteiger partial charge in [-0.2, -0.15) is 0 Å². The highest BCUT2D eigenvalue weighted by Crippen LogP contribution is 2.17. The van der Waals surface area contributed by atoms with Gasteiger partial charge in [0.2, 0.25) is 0 Å². The number of hydrogen-bond donors (Lipinski definition) is 1. The zero-order valence-electron chi connectivity index (χ0n) is 10.4. The van der Waals surface area contributed by atoms with Gasteiger partial charge >= 0.3 is 0 Å². The quantitative estimate of drug-likeness (QED) is 0.633. The third-order valence-corrected chi connectivity index (χ3v) is 2.02. The molecule has 0 saturated heterocycles. The Labute approximate surface area is 100.0 Å². The number of non-ortho nitro benzene ring substituents is 1. The summed E-state index contributed by atoms with van der Waals surface area (Å²) in [6, 6.07) is 4.36. The molecule has 0 saturated carbocycles. The van der Waals surface area contributed by atoms with E-state index in [0.29, 0.717) is 11.1 Å². The van der Waals surface area contributed by atoms with Gasteiger partial charge in [-0.3, -0.25) is 14.9 Å². The Morgan fingerprint density at radius 1 is 1.29 bits per heavy atom. The van der Waals surface area contributed by atoms with E-state index in [9.17, 15) is 14.9 Å². The van der Waals surface area contributed by atoms with Gasteiger partial charge in [-0.1, -0.05) is 0 Å². The zero-order valence-corrected chi connectivity index (χ0v) is 10.4. The Bertz CT molecular complexity index is 461. The first kappa shape index (κ1) is 13.2. The molecule has 5 nitrogen and oxygen atoms in total. The standard InChI is InChI=1S/C12H16N2O3/c1-8-5-9(7-10(6-8)14(16)17)11(15)13-12(2,3)4/h5-7H,1-4H3,(H,13,15). The van der Waals surface area contributed by atoms with Crippen LogP contribution in [0.4, 0.5) is 5.69 Å². The van der Waals surface area contributed by atoms with Crippen molar-refractivity contribution in [3.8, 4) is 0 Å². The molecule has 5 heteroatoms. The van der Waals surface area contributed by atoms with Gasteiger partial charge in [-0.25, -0.2) is 0 Å². The molecule has 1 N–H and O–H groups in total. The Hall–Kier alpha value is -1.91. The normalized spacial score (nSPS) is 11.1.